The fraction of sp³-hybridized carbons (Fsp3) is 0.462. The van der Waals surface area contributed by atoms with Crippen LogP contribution >= 0.6 is 0 Å². The quantitative estimate of drug-likeness (QED) is 0.123. The zero-order valence-corrected chi connectivity index (χ0v) is 21.2. The number of benzene rings is 2. The van der Waals surface area contributed by atoms with Gasteiger partial charge in [-0.15, -0.1) is 0 Å². The number of methoxy groups -OCH3 is 1. The first kappa shape index (κ1) is 29.8. The Morgan fingerprint density at radius 2 is 1.62 bits per heavy atom. The lowest BCUT2D eigenvalue weighted by Gasteiger charge is -2.40. The van der Waals surface area contributed by atoms with Crippen LogP contribution in [0.3, 0.4) is 0 Å². The first-order valence-electron chi connectivity index (χ1n) is 12.2. The van der Waals surface area contributed by atoms with Gasteiger partial charge in [0.1, 0.15) is 53.4 Å². The molecule has 40 heavy (non-hydrogen) atoms. The third kappa shape index (κ3) is 5.95. The number of hydrogen-bond acceptors (Lipinski definition) is 14. The summed E-state index contributed by atoms with van der Waals surface area (Å²) in [4.78, 5) is 25.3. The topological polar surface area (TPSA) is 222 Å². The van der Waals surface area contributed by atoms with Gasteiger partial charge < -0.3 is 59.4 Å². The highest BCUT2D eigenvalue weighted by molar-refractivity contribution is 6.49. The second-order valence-electron chi connectivity index (χ2n) is 9.42. The first-order valence-corrected chi connectivity index (χ1v) is 12.2. The van der Waals surface area contributed by atoms with Crippen LogP contribution in [0, 0.1) is 0 Å². The Balaban J connectivity index is 1.41. The molecule has 4 rings (SSSR count). The highest BCUT2D eigenvalue weighted by Crippen LogP contribution is 2.30. The summed E-state index contributed by atoms with van der Waals surface area (Å²) in [5.74, 6) is -2.07. The molecule has 2 saturated heterocycles. The molecular weight excluding hydrogens is 536 g/mol. The van der Waals surface area contributed by atoms with Gasteiger partial charge in [0, 0.05) is 11.6 Å². The van der Waals surface area contributed by atoms with E-state index in [1.165, 1.54) is 37.4 Å². The van der Waals surface area contributed by atoms with Crippen molar-refractivity contribution in [2.45, 2.75) is 48.7 Å². The molecule has 2 aromatic carbocycles. The highest BCUT2D eigenvalue weighted by atomic mass is 16.7. The Morgan fingerprint density at radius 1 is 0.950 bits per heavy atom. The molecule has 0 radical (unpaired) electrons. The standard InChI is InChI=1S/C26H30O14/c1-36-13-4-2-12(3-5-13)18(29)19(30)15-7-6-14(8-16(15)28)39-24-22(33)21(32)20(31)17(40-24)9-37-25-23(34)26(35,10-27)11-38-25/h2-8,17,20-25,27-28,31-35H,9-11H2,1H3. The van der Waals surface area contributed by atoms with Crippen LogP contribution in [0.5, 0.6) is 17.2 Å². The first-order chi connectivity index (χ1) is 19.0. The van der Waals surface area contributed by atoms with Crippen molar-refractivity contribution in [1.29, 1.82) is 0 Å². The second kappa shape index (κ2) is 12.1. The molecule has 218 valence electrons. The van der Waals surface area contributed by atoms with Gasteiger partial charge in [0.2, 0.25) is 17.9 Å². The lowest BCUT2D eigenvalue weighted by Crippen LogP contribution is -2.60. The number of rotatable bonds is 10. The average molecular weight is 567 g/mol. The van der Waals surface area contributed by atoms with E-state index >= 15 is 0 Å². The Labute approximate surface area is 227 Å². The van der Waals surface area contributed by atoms with E-state index in [-0.39, 0.29) is 16.9 Å². The van der Waals surface area contributed by atoms with Crippen molar-refractivity contribution in [3.8, 4) is 17.2 Å². The molecule has 0 spiro atoms. The maximum atomic E-state index is 12.7. The Bertz CT molecular complexity index is 1200. The Hall–Kier alpha value is -3.18. The number of aliphatic hydroxyl groups excluding tert-OH is 5. The van der Waals surface area contributed by atoms with Crippen LogP contribution in [0.1, 0.15) is 20.7 Å². The van der Waals surface area contributed by atoms with Crippen molar-refractivity contribution >= 4 is 11.6 Å². The summed E-state index contributed by atoms with van der Waals surface area (Å²) in [5, 5.41) is 70.8. The van der Waals surface area contributed by atoms with Crippen molar-refractivity contribution in [2.24, 2.45) is 0 Å². The molecule has 7 N–H and O–H groups in total. The van der Waals surface area contributed by atoms with Crippen LogP contribution in [0.25, 0.3) is 0 Å². The highest BCUT2D eigenvalue weighted by Gasteiger charge is 2.50. The largest absolute Gasteiger partial charge is 0.507 e. The number of aromatic hydroxyl groups is 1. The maximum Gasteiger partial charge on any atom is 0.237 e. The zero-order valence-electron chi connectivity index (χ0n) is 21.2. The third-order valence-corrected chi connectivity index (χ3v) is 6.70. The molecule has 0 bridgehead atoms. The predicted molar refractivity (Wildman–Crippen MR) is 131 cm³/mol. The van der Waals surface area contributed by atoms with E-state index in [0.717, 1.165) is 12.1 Å². The average Bonchev–Trinajstić information content (AvgIpc) is 3.25. The van der Waals surface area contributed by atoms with Crippen molar-refractivity contribution in [1.82, 2.24) is 0 Å². The van der Waals surface area contributed by atoms with Crippen molar-refractivity contribution in [3.63, 3.8) is 0 Å². The Kier molecular flexibility index (Phi) is 9.04. The zero-order chi connectivity index (χ0) is 29.2. The second-order valence-corrected chi connectivity index (χ2v) is 9.42. The number of ether oxygens (including phenoxy) is 5. The molecule has 0 aliphatic carbocycles. The van der Waals surface area contributed by atoms with Gasteiger partial charge in [0.05, 0.1) is 32.5 Å². The summed E-state index contributed by atoms with van der Waals surface area (Å²) in [6.07, 6.45) is -11.0. The van der Waals surface area contributed by atoms with E-state index < -0.39 is 85.8 Å². The summed E-state index contributed by atoms with van der Waals surface area (Å²) in [5.41, 5.74) is -2.16. The van der Waals surface area contributed by atoms with E-state index in [9.17, 15) is 45.3 Å². The number of aliphatic hydroxyl groups is 6. The lowest BCUT2D eigenvalue weighted by atomic mass is 9.99. The molecule has 2 aliphatic rings. The molecule has 0 saturated carbocycles. The molecule has 0 aromatic heterocycles. The van der Waals surface area contributed by atoms with Gasteiger partial charge in [0.15, 0.2) is 6.29 Å². The fourth-order valence-corrected chi connectivity index (χ4v) is 4.18. The minimum atomic E-state index is -1.94. The predicted octanol–water partition coefficient (Wildman–Crippen LogP) is -1.89. The smallest absolute Gasteiger partial charge is 0.237 e. The van der Waals surface area contributed by atoms with Crippen LogP contribution in [-0.2, 0) is 14.2 Å². The molecule has 14 nitrogen and oxygen atoms in total. The van der Waals surface area contributed by atoms with E-state index in [1.54, 1.807) is 0 Å². The summed E-state index contributed by atoms with van der Waals surface area (Å²) in [7, 11) is 1.45. The molecule has 2 fully saturated rings. The summed E-state index contributed by atoms with van der Waals surface area (Å²) in [6, 6.07) is 9.19. The molecule has 8 atom stereocenters. The van der Waals surface area contributed by atoms with Gasteiger partial charge >= 0.3 is 0 Å². The molecule has 0 amide bonds. The number of phenolic OH excluding ortho intramolecular Hbond substituents is 1. The third-order valence-electron chi connectivity index (χ3n) is 6.70. The van der Waals surface area contributed by atoms with Gasteiger partial charge in [-0.2, -0.15) is 0 Å². The van der Waals surface area contributed by atoms with Gasteiger partial charge in [0.25, 0.3) is 0 Å². The summed E-state index contributed by atoms with van der Waals surface area (Å²) < 4.78 is 26.5. The van der Waals surface area contributed by atoms with E-state index in [0.29, 0.717) is 5.75 Å². The Morgan fingerprint density at radius 3 is 2.23 bits per heavy atom. The van der Waals surface area contributed by atoms with Crippen LogP contribution in [0.15, 0.2) is 42.5 Å². The van der Waals surface area contributed by atoms with Crippen molar-refractivity contribution in [2.75, 3.05) is 26.9 Å². The van der Waals surface area contributed by atoms with E-state index in [2.05, 4.69) is 0 Å². The van der Waals surface area contributed by atoms with Crippen molar-refractivity contribution < 1.29 is 69.0 Å². The molecular formula is C26H30O14. The number of carbonyl (C=O) groups excluding carboxylic acids is 2. The van der Waals surface area contributed by atoms with Crippen LogP contribution < -0.4 is 9.47 Å². The number of ketones is 2. The maximum absolute atomic E-state index is 12.7. The molecule has 8 unspecified atom stereocenters. The van der Waals surface area contributed by atoms with Gasteiger partial charge in [-0.05, 0) is 36.4 Å². The molecule has 2 aromatic rings. The number of phenols is 1. The summed E-state index contributed by atoms with van der Waals surface area (Å²) >= 11 is 0. The number of carbonyl (C=O) groups is 2. The number of hydrogen-bond donors (Lipinski definition) is 7. The lowest BCUT2D eigenvalue weighted by molar-refractivity contribution is -0.289. The normalized spacial score (nSPS) is 32.0. The molecule has 2 aliphatic heterocycles. The fourth-order valence-electron chi connectivity index (χ4n) is 4.18. The summed E-state index contributed by atoms with van der Waals surface area (Å²) in [6.45, 7) is -1.69. The van der Waals surface area contributed by atoms with Gasteiger partial charge in [-0.3, -0.25) is 9.59 Å². The van der Waals surface area contributed by atoms with E-state index in [4.69, 9.17) is 23.7 Å². The van der Waals surface area contributed by atoms with Crippen LogP contribution in [0.2, 0.25) is 0 Å². The minimum absolute atomic E-state index is 0.0848. The SMILES string of the molecule is COc1ccc(C(=O)C(=O)c2ccc(OC3OC(COC4OCC(O)(CO)C4O)C(O)C(O)C3O)cc2O)cc1. The van der Waals surface area contributed by atoms with E-state index in [1.807, 2.05) is 0 Å². The van der Waals surface area contributed by atoms with Crippen molar-refractivity contribution in [3.05, 3.63) is 53.6 Å². The van der Waals surface area contributed by atoms with Gasteiger partial charge in [-0.1, -0.05) is 0 Å². The van der Waals surface area contributed by atoms with Crippen LogP contribution in [0.4, 0.5) is 0 Å². The number of Topliss-reactive ketones (excluding diaryl/α,β-unsaturated/α-hetero) is 2. The molecule has 2 heterocycles. The monoisotopic (exact) mass is 566 g/mol. The van der Waals surface area contributed by atoms with Crippen LogP contribution in [-0.4, -0.2) is 123 Å². The minimum Gasteiger partial charge on any atom is -0.507 e. The molecule has 14 heteroatoms. The van der Waals surface area contributed by atoms with Gasteiger partial charge in [-0.25, -0.2) is 0 Å².